The maximum absolute atomic E-state index is 2.37. The van der Waals surface area contributed by atoms with Gasteiger partial charge < -0.3 is 0 Å². The van der Waals surface area contributed by atoms with E-state index in [9.17, 15) is 0 Å². The first kappa shape index (κ1) is 17.0. The van der Waals surface area contributed by atoms with Crippen molar-refractivity contribution in [2.45, 2.75) is 66.2 Å². The second-order valence-corrected chi connectivity index (χ2v) is 9.35. The predicted octanol–water partition coefficient (Wildman–Crippen LogP) is 7.20. The third kappa shape index (κ3) is 2.83. The Bertz CT molecular complexity index is 850. The van der Waals surface area contributed by atoms with Crippen LogP contribution in [0.5, 0.6) is 0 Å². The van der Waals surface area contributed by atoms with Gasteiger partial charge in [-0.15, -0.1) is 0 Å². The van der Waals surface area contributed by atoms with Crippen LogP contribution in [0.4, 0.5) is 0 Å². The van der Waals surface area contributed by atoms with E-state index in [1.54, 1.807) is 0 Å². The molecule has 0 atom stereocenters. The Morgan fingerprint density at radius 1 is 0.542 bits per heavy atom. The van der Waals surface area contributed by atoms with E-state index in [-0.39, 0.29) is 10.8 Å². The fourth-order valence-electron chi connectivity index (χ4n) is 3.62. The second-order valence-electron chi connectivity index (χ2n) is 9.35. The van der Waals surface area contributed by atoms with Crippen molar-refractivity contribution < 1.29 is 0 Å². The zero-order valence-electron chi connectivity index (χ0n) is 16.5. The summed E-state index contributed by atoms with van der Waals surface area (Å²) in [6.45, 7) is 18.2. The van der Waals surface area contributed by atoms with Crippen LogP contribution in [0.15, 0.2) is 36.4 Å². The van der Waals surface area contributed by atoms with Gasteiger partial charge in [-0.2, -0.15) is 0 Å². The zero-order chi connectivity index (χ0) is 17.9. The molecule has 3 rings (SSSR count). The summed E-state index contributed by atoms with van der Waals surface area (Å²) in [7, 11) is 0. The summed E-state index contributed by atoms with van der Waals surface area (Å²) in [5.74, 6) is 0. The molecule has 0 amide bonds. The van der Waals surface area contributed by atoms with Crippen LogP contribution in [-0.2, 0) is 10.8 Å². The van der Waals surface area contributed by atoms with Crippen LogP contribution in [-0.4, -0.2) is 0 Å². The topological polar surface area (TPSA) is 0 Å². The van der Waals surface area contributed by atoms with Gasteiger partial charge in [0, 0.05) is 0 Å². The summed E-state index contributed by atoms with van der Waals surface area (Å²) in [4.78, 5) is 0. The molecule has 3 aromatic carbocycles. The molecule has 24 heavy (non-hydrogen) atoms. The average Bonchev–Trinajstić information content (AvgIpc) is 2.44. The molecule has 0 saturated carbocycles. The van der Waals surface area contributed by atoms with Gasteiger partial charge in [-0.3, -0.25) is 0 Å². The SMILES string of the molecule is Cc1cc(C(C)(C)C)cc2ccc3cc(C(C)(C)C)cc(C)c3c12. The second kappa shape index (κ2) is 5.34. The van der Waals surface area contributed by atoms with Crippen molar-refractivity contribution in [2.24, 2.45) is 0 Å². The van der Waals surface area contributed by atoms with Crippen molar-refractivity contribution in [3.63, 3.8) is 0 Å². The number of aryl methyl sites for hydroxylation is 2. The molecule has 0 N–H and O–H groups in total. The maximum Gasteiger partial charge on any atom is -0.00732 e. The lowest BCUT2D eigenvalue weighted by molar-refractivity contribution is 0.590. The van der Waals surface area contributed by atoms with E-state index >= 15 is 0 Å². The largest absolute Gasteiger partial charge is 0.0561 e. The Hall–Kier alpha value is -1.82. The molecule has 0 heterocycles. The van der Waals surface area contributed by atoms with E-state index in [4.69, 9.17) is 0 Å². The molecule has 0 aliphatic rings. The minimum atomic E-state index is 0.180. The molecule has 0 spiro atoms. The Kier molecular flexibility index (Phi) is 3.79. The summed E-state index contributed by atoms with van der Waals surface area (Å²) in [5, 5.41) is 5.55. The quantitative estimate of drug-likeness (QED) is 0.384. The lowest BCUT2D eigenvalue weighted by Gasteiger charge is -2.23. The lowest BCUT2D eigenvalue weighted by atomic mass is 9.81. The highest BCUT2D eigenvalue weighted by Crippen LogP contribution is 2.36. The van der Waals surface area contributed by atoms with E-state index < -0.39 is 0 Å². The van der Waals surface area contributed by atoms with Crippen LogP contribution in [0.25, 0.3) is 21.5 Å². The van der Waals surface area contributed by atoms with Gasteiger partial charge in [0.2, 0.25) is 0 Å². The number of hydrogen-bond acceptors (Lipinski definition) is 0. The molecular formula is C24H30. The third-order valence-electron chi connectivity index (χ3n) is 5.16. The van der Waals surface area contributed by atoms with Crippen LogP contribution in [0.2, 0.25) is 0 Å². The minimum Gasteiger partial charge on any atom is -0.0561 e. The van der Waals surface area contributed by atoms with Gasteiger partial charge in [-0.05, 0) is 68.5 Å². The molecule has 0 aliphatic carbocycles. The van der Waals surface area contributed by atoms with Crippen molar-refractivity contribution in [3.8, 4) is 0 Å². The fraction of sp³-hybridized carbons (Fsp3) is 0.417. The summed E-state index contributed by atoms with van der Waals surface area (Å²) in [6.07, 6.45) is 0. The van der Waals surface area contributed by atoms with Gasteiger partial charge in [-0.25, -0.2) is 0 Å². The molecule has 3 aromatic rings. The molecule has 126 valence electrons. The van der Waals surface area contributed by atoms with Gasteiger partial charge in [0.1, 0.15) is 0 Å². The number of hydrogen-bond donors (Lipinski definition) is 0. The summed E-state index contributed by atoms with van der Waals surface area (Å²) in [5.41, 5.74) is 5.95. The van der Waals surface area contributed by atoms with E-state index in [0.717, 1.165) is 0 Å². The normalized spacial score (nSPS) is 13.0. The maximum atomic E-state index is 2.37. The lowest BCUT2D eigenvalue weighted by Crippen LogP contribution is -2.12. The number of fused-ring (bicyclic) bond motifs is 3. The Morgan fingerprint density at radius 2 is 0.875 bits per heavy atom. The van der Waals surface area contributed by atoms with E-state index in [1.165, 1.54) is 43.8 Å². The molecule has 0 aromatic heterocycles. The molecule has 0 nitrogen and oxygen atoms in total. The highest BCUT2D eigenvalue weighted by molar-refractivity contribution is 6.11. The average molecular weight is 319 g/mol. The standard InChI is InChI=1S/C24H30/c1-15-11-19(23(3,4)5)13-17-9-10-18-14-20(24(6,7)8)12-16(2)22(18)21(15)17/h9-14H,1-8H3. The smallest absolute Gasteiger partial charge is 0.00732 e. The van der Waals surface area contributed by atoms with Crippen LogP contribution >= 0.6 is 0 Å². The van der Waals surface area contributed by atoms with Gasteiger partial charge in [0.05, 0.1) is 0 Å². The highest BCUT2D eigenvalue weighted by Gasteiger charge is 2.18. The molecule has 0 radical (unpaired) electrons. The van der Waals surface area contributed by atoms with Crippen molar-refractivity contribution in [1.29, 1.82) is 0 Å². The first-order valence-corrected chi connectivity index (χ1v) is 8.97. The first-order valence-electron chi connectivity index (χ1n) is 8.97. The summed E-state index contributed by atoms with van der Waals surface area (Å²) >= 11 is 0. The minimum absolute atomic E-state index is 0.180. The summed E-state index contributed by atoms with van der Waals surface area (Å²) in [6, 6.07) is 14.1. The van der Waals surface area contributed by atoms with Crippen molar-refractivity contribution in [2.75, 3.05) is 0 Å². The molecule has 0 heteroatoms. The Balaban J connectivity index is 2.40. The van der Waals surface area contributed by atoms with E-state index in [2.05, 4.69) is 91.8 Å². The van der Waals surface area contributed by atoms with Crippen molar-refractivity contribution in [1.82, 2.24) is 0 Å². The van der Waals surface area contributed by atoms with E-state index in [1.807, 2.05) is 0 Å². The molecule has 0 fully saturated rings. The van der Waals surface area contributed by atoms with Gasteiger partial charge in [0.15, 0.2) is 0 Å². The fourth-order valence-corrected chi connectivity index (χ4v) is 3.62. The Labute approximate surface area is 146 Å². The summed E-state index contributed by atoms with van der Waals surface area (Å²) < 4.78 is 0. The first-order chi connectivity index (χ1) is 11.0. The number of rotatable bonds is 0. The van der Waals surface area contributed by atoms with Crippen LogP contribution in [0.3, 0.4) is 0 Å². The molecule has 0 aliphatic heterocycles. The van der Waals surface area contributed by atoms with Gasteiger partial charge >= 0.3 is 0 Å². The monoisotopic (exact) mass is 318 g/mol. The number of benzene rings is 3. The van der Waals surface area contributed by atoms with Crippen LogP contribution in [0.1, 0.15) is 63.8 Å². The molecular weight excluding hydrogens is 288 g/mol. The van der Waals surface area contributed by atoms with Crippen LogP contribution in [0, 0.1) is 13.8 Å². The Morgan fingerprint density at radius 3 is 1.17 bits per heavy atom. The van der Waals surface area contributed by atoms with Crippen LogP contribution < -0.4 is 0 Å². The highest BCUT2D eigenvalue weighted by atomic mass is 14.2. The van der Waals surface area contributed by atoms with Crippen molar-refractivity contribution >= 4 is 21.5 Å². The molecule has 0 saturated heterocycles. The predicted molar refractivity (Wildman–Crippen MR) is 108 cm³/mol. The van der Waals surface area contributed by atoms with E-state index in [0.29, 0.717) is 0 Å². The zero-order valence-corrected chi connectivity index (χ0v) is 16.5. The molecule has 0 unspecified atom stereocenters. The van der Waals surface area contributed by atoms with Gasteiger partial charge in [-0.1, -0.05) is 77.9 Å². The third-order valence-corrected chi connectivity index (χ3v) is 5.16. The van der Waals surface area contributed by atoms with Gasteiger partial charge in [0.25, 0.3) is 0 Å². The van der Waals surface area contributed by atoms with Crippen molar-refractivity contribution in [3.05, 3.63) is 58.7 Å². The molecule has 0 bridgehead atoms.